The van der Waals surface area contributed by atoms with E-state index in [1.165, 1.54) is 4.90 Å². The Labute approximate surface area is 223 Å². The van der Waals surface area contributed by atoms with E-state index in [1.807, 2.05) is 39.0 Å². The molecular formula is C29H38N2O5S. The summed E-state index contributed by atoms with van der Waals surface area (Å²) in [5, 5.41) is 9.87. The second-order valence-electron chi connectivity index (χ2n) is 10.6. The van der Waals surface area contributed by atoms with Gasteiger partial charge in [0.15, 0.2) is 0 Å². The normalized spacial score (nSPS) is 29.8. The standard InChI is InChI=1S/C29H38N2O5S/c1-6-8-9-18-36-27(35)22-21-25(33)31(16-17-32)24(29(21)14-13-28(22,5)37-29)26(34)30(15-7-2)23-19(3)11-10-12-20(23)4/h6-7,10-12,21-22,24,32H,1-2,8-9,13-18H2,3-5H3/t21-,22+,24?,28-,29?/m0/s1. The van der Waals surface area contributed by atoms with Crippen LogP contribution in [0.3, 0.4) is 0 Å². The van der Waals surface area contributed by atoms with Gasteiger partial charge in [0.2, 0.25) is 5.91 Å². The SMILES string of the molecule is C=CCCCOC(=O)[C@H]1[C@H]2C(=O)N(CCO)C(C(=O)N(CC=C)c3c(C)cccc3C)C23CC[C@]1(C)S3. The lowest BCUT2D eigenvalue weighted by molar-refractivity contribution is -0.155. The number of aliphatic hydroxyl groups excluding tert-OH is 1. The average molecular weight is 527 g/mol. The second-order valence-corrected chi connectivity index (χ2v) is 12.5. The number of hydrogen-bond acceptors (Lipinski definition) is 6. The number of carbonyl (C=O) groups excluding carboxylic acids is 3. The van der Waals surface area contributed by atoms with Gasteiger partial charge in [0, 0.05) is 23.5 Å². The third kappa shape index (κ3) is 4.42. The molecule has 3 fully saturated rings. The Bertz CT molecular complexity index is 1090. The highest BCUT2D eigenvalue weighted by molar-refractivity contribution is 8.02. The molecule has 3 aliphatic rings. The molecule has 200 valence electrons. The summed E-state index contributed by atoms with van der Waals surface area (Å²) >= 11 is 1.61. The van der Waals surface area contributed by atoms with Crippen molar-refractivity contribution in [3.63, 3.8) is 0 Å². The summed E-state index contributed by atoms with van der Waals surface area (Å²) in [7, 11) is 0. The van der Waals surface area contributed by atoms with E-state index in [1.54, 1.807) is 28.8 Å². The number of rotatable bonds is 11. The van der Waals surface area contributed by atoms with Gasteiger partial charge in [-0.3, -0.25) is 14.4 Å². The summed E-state index contributed by atoms with van der Waals surface area (Å²) < 4.78 is 4.41. The Hall–Kier alpha value is -2.58. The molecule has 0 aromatic heterocycles. The Morgan fingerprint density at radius 3 is 2.57 bits per heavy atom. The van der Waals surface area contributed by atoms with Crippen LogP contribution >= 0.6 is 11.8 Å². The molecule has 1 spiro atoms. The van der Waals surface area contributed by atoms with Crippen LogP contribution < -0.4 is 4.90 Å². The highest BCUT2D eigenvalue weighted by Gasteiger charge is 2.77. The van der Waals surface area contributed by atoms with Gasteiger partial charge in [0.1, 0.15) is 6.04 Å². The lowest BCUT2D eigenvalue weighted by Crippen LogP contribution is -2.55. The van der Waals surface area contributed by atoms with Gasteiger partial charge in [-0.25, -0.2) is 0 Å². The highest BCUT2D eigenvalue weighted by atomic mass is 32.2. The molecule has 1 aromatic carbocycles. The topological polar surface area (TPSA) is 87.1 Å². The van der Waals surface area contributed by atoms with Gasteiger partial charge in [-0.05, 0) is 57.6 Å². The zero-order chi connectivity index (χ0) is 27.0. The lowest BCUT2D eigenvalue weighted by Gasteiger charge is -2.37. The maximum Gasteiger partial charge on any atom is 0.311 e. The van der Waals surface area contributed by atoms with Crippen molar-refractivity contribution < 1.29 is 24.2 Å². The molecule has 3 saturated heterocycles. The third-order valence-corrected chi connectivity index (χ3v) is 10.2. The number of allylic oxidation sites excluding steroid dienone is 1. The number of likely N-dealkylation sites (tertiary alicyclic amines) is 1. The molecule has 3 aliphatic heterocycles. The predicted octanol–water partition coefficient (Wildman–Crippen LogP) is 3.81. The number of β-amino-alcohol motifs (C(OH)–C–C–N with tert-alkyl or cyclic N) is 1. The zero-order valence-corrected chi connectivity index (χ0v) is 22.9. The van der Waals surface area contributed by atoms with Crippen molar-refractivity contribution in [2.45, 2.75) is 62.0 Å². The molecule has 4 rings (SSSR count). The van der Waals surface area contributed by atoms with Crippen molar-refractivity contribution in [3.8, 4) is 0 Å². The molecule has 3 heterocycles. The molecule has 5 atom stereocenters. The summed E-state index contributed by atoms with van der Waals surface area (Å²) in [5.41, 5.74) is 2.72. The van der Waals surface area contributed by atoms with Crippen LogP contribution in [0.25, 0.3) is 0 Å². The monoisotopic (exact) mass is 526 g/mol. The Kier molecular flexibility index (Phi) is 7.91. The number of fused-ring (bicyclic) bond motifs is 1. The van der Waals surface area contributed by atoms with Gasteiger partial charge < -0.3 is 19.6 Å². The van der Waals surface area contributed by atoms with Crippen molar-refractivity contribution in [3.05, 3.63) is 54.6 Å². The quantitative estimate of drug-likeness (QED) is 0.268. The van der Waals surface area contributed by atoms with E-state index in [4.69, 9.17) is 4.74 Å². The van der Waals surface area contributed by atoms with Crippen molar-refractivity contribution in [1.82, 2.24) is 4.90 Å². The average Bonchev–Trinajstić information content (AvgIpc) is 3.42. The fourth-order valence-electron chi connectivity index (χ4n) is 6.70. The van der Waals surface area contributed by atoms with Crippen LogP contribution in [0.2, 0.25) is 0 Å². The summed E-state index contributed by atoms with van der Waals surface area (Å²) in [4.78, 5) is 45.1. The molecule has 2 bridgehead atoms. The number of hydrogen-bond donors (Lipinski definition) is 1. The van der Waals surface area contributed by atoms with E-state index in [9.17, 15) is 19.5 Å². The largest absolute Gasteiger partial charge is 0.465 e. The smallest absolute Gasteiger partial charge is 0.311 e. The summed E-state index contributed by atoms with van der Waals surface area (Å²) in [6.45, 7) is 13.9. The number of carbonyl (C=O) groups is 3. The van der Waals surface area contributed by atoms with Crippen molar-refractivity contribution in [1.29, 1.82) is 0 Å². The molecule has 0 radical (unpaired) electrons. The molecule has 0 saturated carbocycles. The zero-order valence-electron chi connectivity index (χ0n) is 22.1. The minimum Gasteiger partial charge on any atom is -0.465 e. The summed E-state index contributed by atoms with van der Waals surface area (Å²) in [6.07, 6.45) is 6.27. The molecule has 2 amide bonds. The Morgan fingerprint density at radius 1 is 1.24 bits per heavy atom. The van der Waals surface area contributed by atoms with E-state index in [2.05, 4.69) is 13.2 Å². The van der Waals surface area contributed by atoms with Gasteiger partial charge in [-0.15, -0.1) is 24.9 Å². The Balaban J connectivity index is 1.75. The third-order valence-electron chi connectivity index (χ3n) is 8.19. The van der Waals surface area contributed by atoms with Crippen LogP contribution in [0, 0.1) is 25.7 Å². The number of thioether (sulfide) groups is 1. The number of benzene rings is 1. The number of aliphatic hydroxyl groups is 1. The maximum absolute atomic E-state index is 14.5. The lowest BCUT2D eigenvalue weighted by atomic mass is 9.66. The Morgan fingerprint density at radius 2 is 1.95 bits per heavy atom. The number of amides is 2. The van der Waals surface area contributed by atoms with Crippen LogP contribution in [-0.2, 0) is 19.1 Å². The molecule has 1 aromatic rings. The number of nitrogens with zero attached hydrogens (tertiary/aromatic N) is 2. The van der Waals surface area contributed by atoms with Crippen molar-refractivity contribution >= 4 is 35.2 Å². The first-order chi connectivity index (χ1) is 17.7. The molecule has 37 heavy (non-hydrogen) atoms. The van der Waals surface area contributed by atoms with Crippen molar-refractivity contribution in [2.75, 3.05) is 31.2 Å². The minimum absolute atomic E-state index is 0.0422. The van der Waals surface area contributed by atoms with Crippen LogP contribution in [0.5, 0.6) is 0 Å². The van der Waals surface area contributed by atoms with E-state index in [-0.39, 0.29) is 37.5 Å². The van der Waals surface area contributed by atoms with Crippen LogP contribution in [0.4, 0.5) is 5.69 Å². The molecule has 1 N–H and O–H groups in total. The molecule has 2 unspecified atom stereocenters. The first kappa shape index (κ1) is 27.5. The van der Waals surface area contributed by atoms with Gasteiger partial charge in [0.05, 0.1) is 29.8 Å². The van der Waals surface area contributed by atoms with Gasteiger partial charge in [-0.1, -0.05) is 30.4 Å². The van der Waals surface area contributed by atoms with E-state index in [0.717, 1.165) is 29.7 Å². The minimum atomic E-state index is -0.790. The number of anilines is 1. The molecule has 7 nitrogen and oxygen atoms in total. The number of esters is 1. The molecule has 8 heteroatoms. The van der Waals surface area contributed by atoms with E-state index >= 15 is 0 Å². The van der Waals surface area contributed by atoms with Crippen LogP contribution in [0.15, 0.2) is 43.5 Å². The fraction of sp³-hybridized carbons (Fsp3) is 0.552. The van der Waals surface area contributed by atoms with Gasteiger partial charge in [-0.2, -0.15) is 0 Å². The molecular weight excluding hydrogens is 488 g/mol. The van der Waals surface area contributed by atoms with Gasteiger partial charge >= 0.3 is 5.97 Å². The van der Waals surface area contributed by atoms with Crippen LogP contribution in [0.1, 0.15) is 43.7 Å². The number of para-hydroxylation sites is 1. The summed E-state index contributed by atoms with van der Waals surface area (Å²) in [5.74, 6) is -2.09. The first-order valence-electron chi connectivity index (χ1n) is 13.0. The van der Waals surface area contributed by atoms with Crippen molar-refractivity contribution in [2.24, 2.45) is 11.8 Å². The van der Waals surface area contributed by atoms with Gasteiger partial charge in [0.25, 0.3) is 5.91 Å². The number of ether oxygens (including phenoxy) is 1. The van der Waals surface area contributed by atoms with E-state index < -0.39 is 27.4 Å². The molecule has 0 aliphatic carbocycles. The predicted molar refractivity (Wildman–Crippen MR) is 146 cm³/mol. The second kappa shape index (κ2) is 10.7. The fourth-order valence-corrected chi connectivity index (χ4v) is 9.04. The van der Waals surface area contributed by atoms with Crippen LogP contribution in [-0.4, -0.2) is 69.6 Å². The summed E-state index contributed by atoms with van der Waals surface area (Å²) in [6, 6.07) is 5.10. The first-order valence-corrected chi connectivity index (χ1v) is 13.9. The maximum atomic E-state index is 14.5. The van der Waals surface area contributed by atoms with E-state index in [0.29, 0.717) is 19.4 Å². The number of aryl methyl sites for hydroxylation is 2. The number of unbranched alkanes of at least 4 members (excludes halogenated alkanes) is 1. The highest BCUT2D eigenvalue weighted by Crippen LogP contribution is 2.71.